The van der Waals surface area contributed by atoms with Crippen molar-refractivity contribution in [2.75, 3.05) is 6.54 Å². The van der Waals surface area contributed by atoms with E-state index in [1.54, 1.807) is 18.3 Å². The van der Waals surface area contributed by atoms with Crippen LogP contribution in [-0.4, -0.2) is 21.9 Å². The quantitative estimate of drug-likeness (QED) is 0.867. The zero-order valence-electron chi connectivity index (χ0n) is 14.3. The van der Waals surface area contributed by atoms with Crippen molar-refractivity contribution < 1.29 is 9.21 Å². The molecule has 128 valence electrons. The van der Waals surface area contributed by atoms with Gasteiger partial charge >= 0.3 is 0 Å². The summed E-state index contributed by atoms with van der Waals surface area (Å²) < 4.78 is 7.37. The second-order valence-electron chi connectivity index (χ2n) is 6.56. The number of furan rings is 1. The van der Waals surface area contributed by atoms with Gasteiger partial charge in [-0.05, 0) is 37.0 Å². The Morgan fingerprint density at radius 1 is 1.29 bits per heavy atom. The number of carbonyl (C=O) groups excluding carboxylic acids is 1. The minimum atomic E-state index is -0.154. The standard InChI is InChI=1S/C19H24N2O3/c1-3-15-7-8-17(24-15)16-12-14(2)9-11-21(16)19(23)13-20-10-5-4-6-18(20)22/h4-8,10,14,16H,3,9,11-13H2,1-2H3/t14-,16-/m0/s1. The van der Waals surface area contributed by atoms with Crippen LogP contribution in [0.15, 0.2) is 45.7 Å². The Hall–Kier alpha value is -2.30. The lowest BCUT2D eigenvalue weighted by molar-refractivity contribution is -0.137. The van der Waals surface area contributed by atoms with E-state index in [9.17, 15) is 9.59 Å². The molecule has 2 atom stereocenters. The number of amides is 1. The van der Waals surface area contributed by atoms with Gasteiger partial charge in [-0.1, -0.05) is 19.9 Å². The van der Waals surface area contributed by atoms with E-state index in [0.29, 0.717) is 12.5 Å². The number of nitrogens with zero attached hydrogens (tertiary/aromatic N) is 2. The maximum Gasteiger partial charge on any atom is 0.250 e. The molecule has 0 unspecified atom stereocenters. The number of hydrogen-bond acceptors (Lipinski definition) is 3. The van der Waals surface area contributed by atoms with Crippen molar-refractivity contribution in [2.45, 2.75) is 45.7 Å². The highest BCUT2D eigenvalue weighted by Crippen LogP contribution is 2.35. The Bertz CT molecular complexity index is 762. The molecule has 2 aromatic rings. The second-order valence-corrected chi connectivity index (χ2v) is 6.56. The number of pyridine rings is 1. The van der Waals surface area contributed by atoms with Gasteiger partial charge in [0.1, 0.15) is 18.1 Å². The van der Waals surface area contributed by atoms with Crippen molar-refractivity contribution in [1.29, 1.82) is 0 Å². The van der Waals surface area contributed by atoms with Crippen LogP contribution in [0.4, 0.5) is 0 Å². The second kappa shape index (κ2) is 7.07. The minimum Gasteiger partial charge on any atom is -0.464 e. The Kier molecular flexibility index (Phi) is 4.88. The molecule has 3 rings (SSSR count). The lowest BCUT2D eigenvalue weighted by Gasteiger charge is -2.37. The molecule has 1 aliphatic rings. The van der Waals surface area contributed by atoms with Gasteiger partial charge in [0.2, 0.25) is 5.91 Å². The molecule has 0 radical (unpaired) electrons. The summed E-state index contributed by atoms with van der Waals surface area (Å²) in [6, 6.07) is 8.85. The van der Waals surface area contributed by atoms with Gasteiger partial charge in [-0.15, -0.1) is 0 Å². The van der Waals surface area contributed by atoms with Gasteiger partial charge in [-0.25, -0.2) is 0 Å². The number of aryl methyl sites for hydroxylation is 1. The summed E-state index contributed by atoms with van der Waals surface area (Å²) in [4.78, 5) is 26.5. The van der Waals surface area contributed by atoms with Gasteiger partial charge < -0.3 is 13.9 Å². The molecule has 1 amide bonds. The first kappa shape index (κ1) is 16.6. The van der Waals surface area contributed by atoms with Crippen molar-refractivity contribution in [2.24, 2.45) is 5.92 Å². The highest BCUT2D eigenvalue weighted by Gasteiger charge is 2.33. The van der Waals surface area contributed by atoms with Crippen LogP contribution >= 0.6 is 0 Å². The molecule has 0 aliphatic carbocycles. The van der Waals surface area contributed by atoms with Crippen LogP contribution in [-0.2, 0) is 17.8 Å². The largest absolute Gasteiger partial charge is 0.464 e. The predicted molar refractivity (Wildman–Crippen MR) is 91.6 cm³/mol. The van der Waals surface area contributed by atoms with Crippen molar-refractivity contribution in [3.05, 3.63) is 58.4 Å². The van der Waals surface area contributed by atoms with Crippen molar-refractivity contribution in [3.63, 3.8) is 0 Å². The molecule has 24 heavy (non-hydrogen) atoms. The van der Waals surface area contributed by atoms with Crippen LogP contribution in [0.25, 0.3) is 0 Å². The number of carbonyl (C=O) groups is 1. The highest BCUT2D eigenvalue weighted by atomic mass is 16.3. The Labute approximate surface area is 141 Å². The van der Waals surface area contributed by atoms with E-state index in [0.717, 1.165) is 30.8 Å². The fourth-order valence-electron chi connectivity index (χ4n) is 3.30. The van der Waals surface area contributed by atoms with Gasteiger partial charge in [0.15, 0.2) is 0 Å². The zero-order valence-corrected chi connectivity index (χ0v) is 14.3. The first-order valence-electron chi connectivity index (χ1n) is 8.62. The van der Waals surface area contributed by atoms with Crippen molar-refractivity contribution >= 4 is 5.91 Å². The van der Waals surface area contributed by atoms with E-state index in [4.69, 9.17) is 4.42 Å². The van der Waals surface area contributed by atoms with Crippen molar-refractivity contribution in [1.82, 2.24) is 9.47 Å². The fraction of sp³-hybridized carbons (Fsp3) is 0.474. The molecule has 0 N–H and O–H groups in total. The summed E-state index contributed by atoms with van der Waals surface area (Å²) in [6.07, 6.45) is 4.37. The number of hydrogen-bond donors (Lipinski definition) is 0. The smallest absolute Gasteiger partial charge is 0.250 e. The average Bonchev–Trinajstić information content (AvgIpc) is 3.06. The van der Waals surface area contributed by atoms with Crippen LogP contribution in [0.3, 0.4) is 0 Å². The molecule has 0 aromatic carbocycles. The maximum absolute atomic E-state index is 12.8. The number of aromatic nitrogens is 1. The van der Waals surface area contributed by atoms with Crippen LogP contribution in [0, 0.1) is 5.92 Å². The number of rotatable bonds is 4. The molecule has 0 saturated carbocycles. The predicted octanol–water partition coefficient (Wildman–Crippen LogP) is 3.00. The van der Waals surface area contributed by atoms with Gasteiger partial charge in [-0.2, -0.15) is 0 Å². The number of piperidine rings is 1. The zero-order chi connectivity index (χ0) is 17.1. The molecular formula is C19H24N2O3. The topological polar surface area (TPSA) is 55.5 Å². The first-order chi connectivity index (χ1) is 11.6. The van der Waals surface area contributed by atoms with Gasteiger partial charge in [-0.3, -0.25) is 9.59 Å². The highest BCUT2D eigenvalue weighted by molar-refractivity contribution is 5.76. The summed E-state index contributed by atoms with van der Waals surface area (Å²) in [5.41, 5.74) is -0.154. The lowest BCUT2D eigenvalue weighted by atomic mass is 9.91. The molecule has 1 fully saturated rings. The van der Waals surface area contributed by atoms with Crippen LogP contribution in [0.1, 0.15) is 44.3 Å². The fourth-order valence-corrected chi connectivity index (χ4v) is 3.30. The van der Waals surface area contributed by atoms with Gasteiger partial charge in [0.05, 0.1) is 6.04 Å². The molecule has 2 aromatic heterocycles. The van der Waals surface area contributed by atoms with E-state index in [1.807, 2.05) is 17.0 Å². The third kappa shape index (κ3) is 3.45. The summed E-state index contributed by atoms with van der Waals surface area (Å²) in [7, 11) is 0. The van der Waals surface area contributed by atoms with E-state index in [1.165, 1.54) is 10.6 Å². The third-order valence-electron chi connectivity index (χ3n) is 4.75. The summed E-state index contributed by atoms with van der Waals surface area (Å²) >= 11 is 0. The van der Waals surface area contributed by atoms with Crippen LogP contribution < -0.4 is 5.56 Å². The minimum absolute atomic E-state index is 0.0327. The Morgan fingerprint density at radius 3 is 2.83 bits per heavy atom. The third-order valence-corrected chi connectivity index (χ3v) is 4.75. The van der Waals surface area contributed by atoms with E-state index >= 15 is 0 Å². The molecular weight excluding hydrogens is 304 g/mol. The van der Waals surface area contributed by atoms with Crippen molar-refractivity contribution in [3.8, 4) is 0 Å². The summed E-state index contributed by atoms with van der Waals surface area (Å²) in [6.45, 7) is 5.04. The molecule has 0 bridgehead atoms. The molecule has 5 heteroatoms. The molecule has 1 saturated heterocycles. The number of likely N-dealkylation sites (tertiary alicyclic amines) is 1. The maximum atomic E-state index is 12.8. The molecule has 0 spiro atoms. The average molecular weight is 328 g/mol. The van der Waals surface area contributed by atoms with Crippen LogP contribution in [0.5, 0.6) is 0 Å². The van der Waals surface area contributed by atoms with E-state index in [-0.39, 0.29) is 24.1 Å². The Morgan fingerprint density at radius 2 is 2.12 bits per heavy atom. The van der Waals surface area contributed by atoms with E-state index in [2.05, 4.69) is 13.8 Å². The molecule has 1 aliphatic heterocycles. The van der Waals surface area contributed by atoms with E-state index < -0.39 is 0 Å². The molecule has 5 nitrogen and oxygen atoms in total. The SMILES string of the molecule is CCc1ccc([C@@H]2C[C@@H](C)CCN2C(=O)Cn2ccccc2=O)o1. The molecule has 3 heterocycles. The first-order valence-corrected chi connectivity index (χ1v) is 8.62. The summed E-state index contributed by atoms with van der Waals surface area (Å²) in [5, 5.41) is 0. The Balaban J connectivity index is 1.82. The van der Waals surface area contributed by atoms with Gasteiger partial charge in [0, 0.05) is 25.2 Å². The summed E-state index contributed by atoms with van der Waals surface area (Å²) in [5.74, 6) is 2.31. The van der Waals surface area contributed by atoms with Crippen LogP contribution in [0.2, 0.25) is 0 Å². The normalized spacial score (nSPS) is 21.0. The van der Waals surface area contributed by atoms with Gasteiger partial charge in [0.25, 0.3) is 5.56 Å². The lowest BCUT2D eigenvalue weighted by Crippen LogP contribution is -2.43. The monoisotopic (exact) mass is 328 g/mol.